The molecule has 2 N–H and O–H groups in total. The number of hydrogen-bond donors (Lipinski definition) is 2. The number of aromatic nitrogens is 3. The van der Waals surface area contributed by atoms with Crippen LogP contribution >= 0.6 is 11.3 Å². The number of benzene rings is 1. The van der Waals surface area contributed by atoms with Crippen molar-refractivity contribution >= 4 is 23.3 Å². The van der Waals surface area contributed by atoms with Crippen molar-refractivity contribution in [3.05, 3.63) is 69.7 Å². The summed E-state index contributed by atoms with van der Waals surface area (Å²) in [6, 6.07) is 8.11. The number of likely N-dealkylation sites (tertiary alicyclic amines) is 1. The Hall–Kier alpha value is -3.31. The molecule has 0 radical (unpaired) electrons. The minimum atomic E-state index is -0.747. The van der Waals surface area contributed by atoms with Crippen molar-refractivity contribution in [2.24, 2.45) is 0 Å². The molecule has 0 aliphatic carbocycles. The van der Waals surface area contributed by atoms with Crippen LogP contribution in [0.25, 0.3) is 0 Å². The highest BCUT2D eigenvalue weighted by molar-refractivity contribution is 7.10. The van der Waals surface area contributed by atoms with Gasteiger partial charge in [0.15, 0.2) is 0 Å². The molecule has 1 aliphatic rings. The van der Waals surface area contributed by atoms with Crippen LogP contribution < -0.4 is 5.48 Å². The van der Waals surface area contributed by atoms with Gasteiger partial charge in [0.25, 0.3) is 5.91 Å². The van der Waals surface area contributed by atoms with Gasteiger partial charge >= 0.3 is 6.09 Å². The van der Waals surface area contributed by atoms with Gasteiger partial charge in [0.2, 0.25) is 0 Å². The molecule has 0 spiro atoms. The maximum absolute atomic E-state index is 13.8. The molecule has 35 heavy (non-hydrogen) atoms. The predicted molar refractivity (Wildman–Crippen MR) is 128 cm³/mol. The predicted octanol–water partition coefficient (Wildman–Crippen LogP) is 4.01. The molecule has 1 fully saturated rings. The zero-order valence-electron chi connectivity index (χ0n) is 20.0. The number of ether oxygens (including phenoxy) is 1. The normalized spacial score (nSPS) is 20.5. The number of nitrogens with one attached hydrogen (secondary N) is 2. The zero-order chi connectivity index (χ0) is 25.2. The molecule has 2 atom stereocenters. The average Bonchev–Trinajstić information content (AvgIpc) is 3.51. The first-order valence-corrected chi connectivity index (χ1v) is 12.0. The molecule has 4 rings (SSSR count). The lowest BCUT2D eigenvalue weighted by atomic mass is 9.65. The number of H-pyrrole nitrogens is 1. The first-order chi connectivity index (χ1) is 16.6. The van der Waals surface area contributed by atoms with Crippen LogP contribution in [0.1, 0.15) is 59.9 Å². The van der Waals surface area contributed by atoms with Crippen LogP contribution in [0.15, 0.2) is 41.9 Å². The summed E-state index contributed by atoms with van der Waals surface area (Å²) >= 11 is 1.34. The third kappa shape index (κ3) is 5.06. The van der Waals surface area contributed by atoms with Crippen molar-refractivity contribution in [2.75, 3.05) is 20.2 Å². The van der Waals surface area contributed by atoms with Gasteiger partial charge in [0.05, 0.1) is 12.5 Å². The second-order valence-corrected chi connectivity index (χ2v) is 10.3. The molecule has 2 unspecified atom stereocenters. The average molecular weight is 502 g/mol. The Bertz CT molecular complexity index is 1180. The molecular weight excluding hydrogens is 473 g/mol. The number of thiazole rings is 1. The van der Waals surface area contributed by atoms with E-state index in [2.05, 4.69) is 20.7 Å². The number of hydrogen-bond acceptors (Lipinski definition) is 7. The number of halogens is 1. The largest absolute Gasteiger partial charge is 0.444 e. The molecular formula is C24H28FN5O4S. The quantitative estimate of drug-likeness (QED) is 0.512. The van der Waals surface area contributed by atoms with Crippen molar-refractivity contribution in [3.8, 4) is 0 Å². The molecule has 1 aromatic carbocycles. The van der Waals surface area contributed by atoms with Gasteiger partial charge in [-0.25, -0.2) is 19.6 Å². The first kappa shape index (κ1) is 24.8. The summed E-state index contributed by atoms with van der Waals surface area (Å²) in [6.45, 7) is 6.17. The minimum absolute atomic E-state index is 0.221. The Morgan fingerprint density at radius 2 is 2.00 bits per heavy atom. The van der Waals surface area contributed by atoms with Gasteiger partial charge in [-0.15, -0.1) is 11.3 Å². The Morgan fingerprint density at radius 1 is 1.26 bits per heavy atom. The Labute approximate surface area is 206 Å². The van der Waals surface area contributed by atoms with Crippen molar-refractivity contribution < 1.29 is 23.6 Å². The van der Waals surface area contributed by atoms with Crippen LogP contribution in [-0.4, -0.2) is 57.9 Å². The van der Waals surface area contributed by atoms with E-state index >= 15 is 0 Å². The van der Waals surface area contributed by atoms with Crippen LogP contribution in [-0.2, 0) is 15.0 Å². The van der Waals surface area contributed by atoms with E-state index < -0.39 is 23.0 Å². The fraction of sp³-hybridized carbons (Fsp3) is 0.417. The topological polar surface area (TPSA) is 109 Å². The fourth-order valence-electron chi connectivity index (χ4n) is 4.46. The van der Waals surface area contributed by atoms with Crippen LogP contribution in [0.4, 0.5) is 9.18 Å². The lowest BCUT2D eigenvalue weighted by Crippen LogP contribution is -2.52. The second-order valence-electron chi connectivity index (χ2n) is 9.40. The van der Waals surface area contributed by atoms with Gasteiger partial charge in [-0.05, 0) is 51.0 Å². The van der Waals surface area contributed by atoms with Crippen molar-refractivity contribution in [1.29, 1.82) is 0 Å². The van der Waals surface area contributed by atoms with Crippen molar-refractivity contribution in [2.45, 2.75) is 44.1 Å². The smallest absolute Gasteiger partial charge is 0.410 e. The number of piperidine rings is 1. The van der Waals surface area contributed by atoms with Gasteiger partial charge in [-0.1, -0.05) is 12.1 Å². The molecule has 0 saturated carbocycles. The minimum Gasteiger partial charge on any atom is -0.444 e. The number of amides is 2. The maximum atomic E-state index is 13.8. The summed E-state index contributed by atoms with van der Waals surface area (Å²) in [4.78, 5) is 36.4. The van der Waals surface area contributed by atoms with Gasteiger partial charge in [0, 0.05) is 36.3 Å². The van der Waals surface area contributed by atoms with Crippen LogP contribution in [0.2, 0.25) is 0 Å². The highest BCUT2D eigenvalue weighted by Crippen LogP contribution is 2.50. The SMILES string of the molecule is CONC(=O)c1csc(C2(c3ccn[nH]3)CCN(C(=O)OC(C)(C)C)CC2c2ccc(F)cc2)n1. The monoisotopic (exact) mass is 501 g/mol. The maximum Gasteiger partial charge on any atom is 0.410 e. The van der Waals surface area contributed by atoms with Crippen LogP contribution in [0.5, 0.6) is 0 Å². The highest BCUT2D eigenvalue weighted by Gasteiger charge is 2.51. The summed E-state index contributed by atoms with van der Waals surface area (Å²) in [5, 5.41) is 9.61. The van der Waals surface area contributed by atoms with E-state index in [1.807, 2.05) is 26.8 Å². The fourth-order valence-corrected chi connectivity index (χ4v) is 5.55. The van der Waals surface area contributed by atoms with E-state index in [9.17, 15) is 14.0 Å². The number of hydroxylamine groups is 1. The number of rotatable bonds is 5. The van der Waals surface area contributed by atoms with E-state index in [1.54, 1.807) is 28.6 Å². The summed E-state index contributed by atoms with van der Waals surface area (Å²) in [7, 11) is 1.36. The van der Waals surface area contributed by atoms with Gasteiger partial charge in [0.1, 0.15) is 22.1 Å². The molecule has 2 aromatic heterocycles. The van der Waals surface area contributed by atoms with Crippen molar-refractivity contribution in [1.82, 2.24) is 25.6 Å². The molecule has 1 aliphatic heterocycles. The van der Waals surface area contributed by atoms with Crippen LogP contribution in [0.3, 0.4) is 0 Å². The van der Waals surface area contributed by atoms with E-state index in [4.69, 9.17) is 9.57 Å². The Kier molecular flexibility index (Phi) is 6.91. The summed E-state index contributed by atoms with van der Waals surface area (Å²) < 4.78 is 19.5. The van der Waals surface area contributed by atoms with E-state index in [-0.39, 0.29) is 17.4 Å². The number of aromatic amines is 1. The summed E-state index contributed by atoms with van der Waals surface area (Å²) in [6.07, 6.45) is 1.72. The highest BCUT2D eigenvalue weighted by atomic mass is 32.1. The van der Waals surface area contributed by atoms with Gasteiger partial charge < -0.3 is 9.64 Å². The third-order valence-electron chi connectivity index (χ3n) is 5.99. The third-order valence-corrected chi connectivity index (χ3v) is 7.01. The molecule has 186 valence electrons. The lowest BCUT2D eigenvalue weighted by Gasteiger charge is -2.46. The van der Waals surface area contributed by atoms with Crippen LogP contribution in [0, 0.1) is 5.82 Å². The van der Waals surface area contributed by atoms with E-state index in [1.165, 1.54) is 30.6 Å². The van der Waals surface area contributed by atoms with E-state index in [0.29, 0.717) is 24.5 Å². The molecule has 1 saturated heterocycles. The molecule has 0 bridgehead atoms. The lowest BCUT2D eigenvalue weighted by molar-refractivity contribution is 0.0148. The molecule has 3 heterocycles. The Balaban J connectivity index is 1.82. The van der Waals surface area contributed by atoms with Crippen molar-refractivity contribution in [3.63, 3.8) is 0 Å². The molecule has 9 nitrogen and oxygen atoms in total. The number of carbonyl (C=O) groups is 2. The molecule has 2 amide bonds. The number of nitrogens with zero attached hydrogens (tertiary/aromatic N) is 3. The molecule has 11 heteroatoms. The van der Waals surface area contributed by atoms with E-state index in [0.717, 1.165) is 11.3 Å². The standard InChI is InChI=1S/C24H28FN5O4S/c1-23(2,3)34-22(32)30-12-10-24(19-9-11-26-28-19,17(13-30)15-5-7-16(25)8-6-15)21-27-18(14-35-21)20(31)29-33-4/h5-9,11,14,17H,10,12-13H2,1-4H3,(H,26,28)(H,29,31). The Morgan fingerprint density at radius 3 is 2.63 bits per heavy atom. The summed E-state index contributed by atoms with van der Waals surface area (Å²) in [5.41, 5.74) is 2.75. The summed E-state index contributed by atoms with van der Waals surface area (Å²) in [5.74, 6) is -1.14. The number of carbonyl (C=O) groups excluding carboxylic acids is 2. The van der Waals surface area contributed by atoms with Gasteiger partial charge in [-0.2, -0.15) is 5.10 Å². The molecule has 3 aromatic rings. The first-order valence-electron chi connectivity index (χ1n) is 11.2. The zero-order valence-corrected chi connectivity index (χ0v) is 20.8. The van der Waals surface area contributed by atoms with Gasteiger partial charge in [-0.3, -0.25) is 14.7 Å². The second kappa shape index (κ2) is 9.74.